The number of hydrogen-bond acceptors (Lipinski definition) is 6. The molecular weight excluding hydrogens is 392 g/mol. The second-order valence-electron chi connectivity index (χ2n) is 5.43. The number of thiophene rings is 1. The van der Waals surface area contributed by atoms with Gasteiger partial charge in [-0.15, -0.1) is 16.4 Å². The van der Waals surface area contributed by atoms with Gasteiger partial charge >= 0.3 is 0 Å². The van der Waals surface area contributed by atoms with E-state index in [0.717, 1.165) is 10.6 Å². The highest BCUT2D eigenvalue weighted by atomic mass is 35.5. The maximum absolute atomic E-state index is 12.5. The molecule has 2 N–H and O–H groups in total. The van der Waals surface area contributed by atoms with Gasteiger partial charge in [0.1, 0.15) is 5.25 Å². The van der Waals surface area contributed by atoms with Crippen LogP contribution in [0.4, 0.5) is 5.69 Å². The van der Waals surface area contributed by atoms with Crippen molar-refractivity contribution in [3.63, 3.8) is 0 Å². The molecule has 9 heteroatoms. The van der Waals surface area contributed by atoms with Crippen LogP contribution in [0.5, 0.6) is 0 Å². The van der Waals surface area contributed by atoms with E-state index >= 15 is 0 Å². The number of nitrogens with one attached hydrogen (secondary N) is 2. The second-order valence-corrected chi connectivity index (χ2v) is 8.00. The third-order valence-corrected chi connectivity index (χ3v) is 5.71. The molecule has 1 aromatic heterocycles. The minimum atomic E-state index is -0.585. The molecule has 1 saturated heterocycles. The summed E-state index contributed by atoms with van der Waals surface area (Å²) in [6.07, 6.45) is 0.0731. The molecule has 6 nitrogen and oxygen atoms in total. The van der Waals surface area contributed by atoms with E-state index in [-0.39, 0.29) is 18.2 Å². The zero-order chi connectivity index (χ0) is 18.5. The number of benzene rings is 1. The lowest BCUT2D eigenvalue weighted by Gasteiger charge is -2.21. The quantitative estimate of drug-likeness (QED) is 0.599. The molecule has 3 rings (SSSR count). The van der Waals surface area contributed by atoms with Crippen LogP contribution in [-0.4, -0.2) is 27.9 Å². The zero-order valence-corrected chi connectivity index (χ0v) is 16.1. The fourth-order valence-corrected chi connectivity index (χ4v) is 3.98. The summed E-state index contributed by atoms with van der Waals surface area (Å²) < 4.78 is 0. The van der Waals surface area contributed by atoms with Crippen molar-refractivity contribution >= 4 is 63.1 Å². The fourth-order valence-electron chi connectivity index (χ4n) is 2.18. The molecule has 0 aliphatic carbocycles. The highest BCUT2D eigenvalue weighted by Gasteiger charge is 2.30. The van der Waals surface area contributed by atoms with E-state index in [1.165, 1.54) is 11.8 Å². The van der Waals surface area contributed by atoms with Gasteiger partial charge in [-0.1, -0.05) is 35.5 Å². The van der Waals surface area contributed by atoms with Gasteiger partial charge in [0.05, 0.1) is 10.6 Å². The van der Waals surface area contributed by atoms with E-state index in [9.17, 15) is 9.59 Å². The number of nitrogens with zero attached hydrogens (tertiary/aromatic N) is 2. The Bertz CT molecular complexity index is 881. The molecule has 0 radical (unpaired) electrons. The molecule has 0 spiro atoms. The van der Waals surface area contributed by atoms with E-state index in [1.54, 1.807) is 35.6 Å². The third kappa shape index (κ3) is 4.94. The van der Waals surface area contributed by atoms with E-state index in [1.807, 2.05) is 24.4 Å². The molecule has 0 saturated carbocycles. The van der Waals surface area contributed by atoms with Crippen molar-refractivity contribution in [2.45, 2.75) is 18.6 Å². The summed E-state index contributed by atoms with van der Waals surface area (Å²) >= 11 is 8.65. The maximum Gasteiger partial charge on any atom is 0.238 e. The van der Waals surface area contributed by atoms with Crippen LogP contribution in [-0.2, 0) is 9.59 Å². The smallest absolute Gasteiger partial charge is 0.238 e. The van der Waals surface area contributed by atoms with Crippen molar-refractivity contribution < 1.29 is 9.59 Å². The number of rotatable bonds is 4. The largest absolute Gasteiger partial charge is 0.325 e. The highest BCUT2D eigenvalue weighted by molar-refractivity contribution is 8.15. The normalized spacial score (nSPS) is 19.3. The summed E-state index contributed by atoms with van der Waals surface area (Å²) in [5.41, 5.74) is 1.33. The number of amidine groups is 1. The summed E-state index contributed by atoms with van der Waals surface area (Å²) in [7, 11) is 0. The minimum absolute atomic E-state index is 0.0731. The molecule has 2 amide bonds. The van der Waals surface area contributed by atoms with Gasteiger partial charge in [-0.25, -0.2) is 0 Å². The topological polar surface area (TPSA) is 82.9 Å². The molecule has 1 atom stereocenters. The van der Waals surface area contributed by atoms with Crippen molar-refractivity contribution in [1.29, 1.82) is 0 Å². The van der Waals surface area contributed by atoms with E-state index in [2.05, 4.69) is 20.8 Å². The van der Waals surface area contributed by atoms with Gasteiger partial charge in [0.15, 0.2) is 5.17 Å². The Morgan fingerprint density at radius 3 is 2.92 bits per heavy atom. The number of carbonyl (C=O) groups excluding carboxylic acids is 2. The second kappa shape index (κ2) is 8.48. The number of carbonyl (C=O) groups is 2. The molecule has 0 bridgehead atoms. The van der Waals surface area contributed by atoms with Crippen LogP contribution in [0, 0.1) is 0 Å². The number of halogens is 1. The van der Waals surface area contributed by atoms with Crippen LogP contribution in [0.2, 0.25) is 5.02 Å². The van der Waals surface area contributed by atoms with Crippen LogP contribution in [0.25, 0.3) is 0 Å². The number of thioether (sulfide) groups is 1. The molecule has 2 aromatic rings. The van der Waals surface area contributed by atoms with Gasteiger partial charge in [-0.3, -0.25) is 9.59 Å². The van der Waals surface area contributed by atoms with Crippen LogP contribution in [0.3, 0.4) is 0 Å². The summed E-state index contributed by atoms with van der Waals surface area (Å²) in [6.45, 7) is 1.84. The van der Waals surface area contributed by atoms with Crippen LogP contribution in [0.15, 0.2) is 52.0 Å². The molecule has 1 aliphatic rings. The molecule has 1 aliphatic heterocycles. The Hall–Kier alpha value is -2.16. The van der Waals surface area contributed by atoms with Gasteiger partial charge < -0.3 is 10.6 Å². The first-order valence-electron chi connectivity index (χ1n) is 7.70. The molecule has 1 fully saturated rings. The average Bonchev–Trinajstić information content (AvgIpc) is 3.14. The maximum atomic E-state index is 12.5. The van der Waals surface area contributed by atoms with Crippen LogP contribution >= 0.6 is 34.7 Å². The molecule has 26 heavy (non-hydrogen) atoms. The van der Waals surface area contributed by atoms with Crippen LogP contribution in [0.1, 0.15) is 18.2 Å². The standard InChI is InChI=1S/C17H15ClN4O2S2/c1-10(13-6-3-7-25-13)21-22-17-20-15(23)9-14(26-17)16(24)19-12-5-2-4-11(18)8-12/h2-8,14H,9H2,1H3,(H,19,24)(H,20,22,23). The van der Waals surface area contributed by atoms with Crippen molar-refractivity contribution in [3.05, 3.63) is 51.7 Å². The zero-order valence-electron chi connectivity index (χ0n) is 13.7. The highest BCUT2D eigenvalue weighted by Crippen LogP contribution is 2.23. The molecule has 2 heterocycles. The first kappa shape index (κ1) is 18.6. The van der Waals surface area contributed by atoms with E-state index in [0.29, 0.717) is 15.9 Å². The summed E-state index contributed by atoms with van der Waals surface area (Å²) in [5, 5.41) is 15.8. The molecule has 1 aromatic carbocycles. The van der Waals surface area contributed by atoms with Gasteiger partial charge in [-0.05, 0) is 36.6 Å². The fraction of sp³-hybridized carbons (Fsp3) is 0.176. The summed E-state index contributed by atoms with van der Waals surface area (Å²) in [6, 6.07) is 10.7. The monoisotopic (exact) mass is 406 g/mol. The van der Waals surface area contributed by atoms with Crippen molar-refractivity contribution in [3.8, 4) is 0 Å². The lowest BCUT2D eigenvalue weighted by Crippen LogP contribution is -2.41. The van der Waals surface area contributed by atoms with Crippen molar-refractivity contribution in [2.24, 2.45) is 10.2 Å². The Labute approximate surface area is 163 Å². The molecular formula is C17H15ClN4O2S2. The number of amides is 2. The molecule has 1 unspecified atom stereocenters. The Morgan fingerprint density at radius 2 is 2.19 bits per heavy atom. The van der Waals surface area contributed by atoms with Gasteiger partial charge in [-0.2, -0.15) is 5.10 Å². The lowest BCUT2D eigenvalue weighted by atomic mass is 10.2. The minimum Gasteiger partial charge on any atom is -0.325 e. The summed E-state index contributed by atoms with van der Waals surface area (Å²) in [4.78, 5) is 25.4. The average molecular weight is 407 g/mol. The van der Waals surface area contributed by atoms with Gasteiger partial charge in [0, 0.05) is 17.1 Å². The van der Waals surface area contributed by atoms with E-state index in [4.69, 9.17) is 11.6 Å². The predicted molar refractivity (Wildman–Crippen MR) is 108 cm³/mol. The van der Waals surface area contributed by atoms with Gasteiger partial charge in [0.2, 0.25) is 11.8 Å². The third-order valence-electron chi connectivity index (χ3n) is 3.42. The van der Waals surface area contributed by atoms with Gasteiger partial charge in [0.25, 0.3) is 0 Å². The Kier molecular flexibility index (Phi) is 6.08. The first-order valence-corrected chi connectivity index (χ1v) is 9.84. The van der Waals surface area contributed by atoms with E-state index < -0.39 is 5.25 Å². The predicted octanol–water partition coefficient (Wildman–Crippen LogP) is 3.74. The lowest BCUT2D eigenvalue weighted by molar-refractivity contribution is -0.123. The molecule has 134 valence electrons. The Balaban J connectivity index is 1.69. The SMILES string of the molecule is CC(=N/N=C1\NC(=O)CC(C(=O)Nc2cccc(Cl)c2)S1)c1cccs1. The first-order chi connectivity index (χ1) is 12.5. The summed E-state index contributed by atoms with van der Waals surface area (Å²) in [5.74, 6) is -0.545. The van der Waals surface area contributed by atoms with Crippen molar-refractivity contribution in [1.82, 2.24) is 5.32 Å². The number of anilines is 1. The number of hydrogen-bond donors (Lipinski definition) is 2. The van der Waals surface area contributed by atoms with Crippen molar-refractivity contribution in [2.75, 3.05) is 5.32 Å². The Morgan fingerprint density at radius 1 is 1.35 bits per heavy atom. The van der Waals surface area contributed by atoms with Crippen LogP contribution < -0.4 is 10.6 Å².